The molecule has 6 heteroatoms. The molecule has 0 aliphatic rings. The highest BCUT2D eigenvalue weighted by Gasteiger charge is 2.10. The lowest BCUT2D eigenvalue weighted by atomic mass is 10.2. The van der Waals surface area contributed by atoms with Gasteiger partial charge in [-0.25, -0.2) is 5.06 Å². The zero-order chi connectivity index (χ0) is 15.9. The summed E-state index contributed by atoms with van der Waals surface area (Å²) in [6.07, 6.45) is 1.53. The van der Waals surface area contributed by atoms with E-state index in [0.29, 0.717) is 12.4 Å². The van der Waals surface area contributed by atoms with Crippen molar-refractivity contribution in [1.29, 1.82) is 0 Å². The van der Waals surface area contributed by atoms with Crippen LogP contribution >= 0.6 is 0 Å². The van der Waals surface area contributed by atoms with E-state index in [0.717, 1.165) is 10.6 Å². The predicted molar refractivity (Wildman–Crippen MR) is 81.3 cm³/mol. The molecule has 0 atom stereocenters. The van der Waals surface area contributed by atoms with E-state index >= 15 is 0 Å². The number of carbonyl (C=O) groups is 1. The van der Waals surface area contributed by atoms with Crippen molar-refractivity contribution in [2.75, 3.05) is 14.2 Å². The number of carbonyl (C=O) groups excluding carboxylic acids is 1. The third kappa shape index (κ3) is 4.20. The topological polar surface area (TPSA) is 60.8 Å². The van der Waals surface area contributed by atoms with E-state index in [9.17, 15) is 9.59 Å². The van der Waals surface area contributed by atoms with Crippen LogP contribution in [0.4, 0.5) is 0 Å². The number of likely N-dealkylation sites (N-methyl/N-ethyl adjacent to an activating group) is 1. The monoisotopic (exact) mass is 302 g/mol. The van der Waals surface area contributed by atoms with Gasteiger partial charge < -0.3 is 9.30 Å². The molecular weight excluding hydrogens is 284 g/mol. The molecule has 2 aromatic rings. The van der Waals surface area contributed by atoms with Gasteiger partial charge in [0.1, 0.15) is 18.9 Å². The van der Waals surface area contributed by atoms with E-state index in [2.05, 4.69) is 0 Å². The molecule has 0 radical (unpaired) electrons. The highest BCUT2D eigenvalue weighted by molar-refractivity contribution is 5.74. The minimum atomic E-state index is -0.317. The Bertz CT molecular complexity index is 682. The Hall–Kier alpha value is -2.60. The van der Waals surface area contributed by atoms with Crippen LogP contribution in [0.3, 0.4) is 0 Å². The normalized spacial score (nSPS) is 10.3. The second-order valence-electron chi connectivity index (χ2n) is 4.68. The van der Waals surface area contributed by atoms with Crippen LogP contribution in [-0.2, 0) is 22.8 Å². The van der Waals surface area contributed by atoms with Crippen LogP contribution in [0.1, 0.15) is 5.56 Å². The van der Waals surface area contributed by atoms with Crippen LogP contribution in [0.2, 0.25) is 0 Å². The average molecular weight is 302 g/mol. The molecule has 22 heavy (non-hydrogen) atoms. The van der Waals surface area contributed by atoms with Gasteiger partial charge in [0.15, 0.2) is 0 Å². The van der Waals surface area contributed by atoms with Crippen LogP contribution in [-0.4, -0.2) is 29.7 Å². The van der Waals surface area contributed by atoms with Crippen LogP contribution in [0.25, 0.3) is 0 Å². The van der Waals surface area contributed by atoms with Crippen LogP contribution < -0.4 is 10.3 Å². The molecule has 1 aromatic carbocycles. The second kappa shape index (κ2) is 7.42. The van der Waals surface area contributed by atoms with E-state index in [1.165, 1.54) is 31.0 Å². The lowest BCUT2D eigenvalue weighted by molar-refractivity contribution is -0.169. The van der Waals surface area contributed by atoms with E-state index in [1.807, 2.05) is 30.3 Å². The molecule has 1 heterocycles. The largest absolute Gasteiger partial charge is 0.489 e. The summed E-state index contributed by atoms with van der Waals surface area (Å²) in [6.45, 7) is 0.303. The van der Waals surface area contributed by atoms with E-state index in [4.69, 9.17) is 9.57 Å². The van der Waals surface area contributed by atoms with Crippen molar-refractivity contribution in [3.8, 4) is 5.75 Å². The first-order valence-corrected chi connectivity index (χ1v) is 6.78. The molecular formula is C16H18N2O4. The fourth-order valence-electron chi connectivity index (χ4n) is 1.80. The van der Waals surface area contributed by atoms with Gasteiger partial charge in [0.2, 0.25) is 0 Å². The first-order chi connectivity index (χ1) is 10.6. The smallest absolute Gasteiger partial charge is 0.265 e. The van der Waals surface area contributed by atoms with Crippen molar-refractivity contribution in [1.82, 2.24) is 9.63 Å². The number of amides is 1. The maximum Gasteiger partial charge on any atom is 0.265 e. The van der Waals surface area contributed by atoms with Gasteiger partial charge in [-0.15, -0.1) is 0 Å². The third-order valence-electron chi connectivity index (χ3n) is 3.15. The number of hydrogen-bond acceptors (Lipinski definition) is 4. The fourth-order valence-corrected chi connectivity index (χ4v) is 1.80. The molecule has 1 aromatic heterocycles. The standard InChI is InChI=1S/C16H18N2O4/c1-17(21-2)16(20)11-18-9-8-14(10-15(18)19)22-12-13-6-4-3-5-7-13/h3-10H,11-12H2,1-2H3. The van der Waals surface area contributed by atoms with E-state index < -0.39 is 0 Å². The lowest BCUT2D eigenvalue weighted by Gasteiger charge is -2.14. The number of nitrogens with zero attached hydrogens (tertiary/aromatic N) is 2. The second-order valence-corrected chi connectivity index (χ2v) is 4.68. The highest BCUT2D eigenvalue weighted by Crippen LogP contribution is 2.09. The van der Waals surface area contributed by atoms with Crippen molar-refractivity contribution in [2.45, 2.75) is 13.2 Å². The molecule has 6 nitrogen and oxygen atoms in total. The first-order valence-electron chi connectivity index (χ1n) is 6.78. The van der Waals surface area contributed by atoms with Crippen LogP contribution in [0.5, 0.6) is 5.75 Å². The van der Waals surface area contributed by atoms with Gasteiger partial charge >= 0.3 is 0 Å². The number of aromatic nitrogens is 1. The molecule has 1 amide bonds. The highest BCUT2D eigenvalue weighted by atomic mass is 16.7. The predicted octanol–water partition coefficient (Wildman–Crippen LogP) is 1.45. The Morgan fingerprint density at radius 1 is 1.23 bits per heavy atom. The van der Waals surface area contributed by atoms with Crippen molar-refractivity contribution in [3.05, 3.63) is 64.6 Å². The van der Waals surface area contributed by atoms with Gasteiger partial charge in [0.25, 0.3) is 11.5 Å². The lowest BCUT2D eigenvalue weighted by Crippen LogP contribution is -2.32. The van der Waals surface area contributed by atoms with Crippen molar-refractivity contribution in [2.24, 2.45) is 0 Å². The summed E-state index contributed by atoms with van der Waals surface area (Å²) in [6, 6.07) is 12.7. The summed E-state index contributed by atoms with van der Waals surface area (Å²) in [5.41, 5.74) is 0.715. The Morgan fingerprint density at radius 3 is 2.59 bits per heavy atom. The van der Waals surface area contributed by atoms with E-state index in [-0.39, 0.29) is 18.0 Å². The third-order valence-corrected chi connectivity index (χ3v) is 3.15. The zero-order valence-electron chi connectivity index (χ0n) is 12.6. The number of hydrogen-bond donors (Lipinski definition) is 0. The molecule has 0 N–H and O–H groups in total. The molecule has 0 saturated heterocycles. The van der Waals surface area contributed by atoms with Gasteiger partial charge in [-0.2, -0.15) is 0 Å². The van der Waals surface area contributed by atoms with Gasteiger partial charge in [0.05, 0.1) is 7.11 Å². The molecule has 0 aliphatic carbocycles. The van der Waals surface area contributed by atoms with Gasteiger partial charge in [-0.1, -0.05) is 30.3 Å². The van der Waals surface area contributed by atoms with Gasteiger partial charge in [-0.05, 0) is 11.6 Å². The quantitative estimate of drug-likeness (QED) is 0.758. The summed E-state index contributed by atoms with van der Waals surface area (Å²) in [7, 11) is 2.88. The van der Waals surface area contributed by atoms with Crippen LogP contribution in [0.15, 0.2) is 53.5 Å². The Labute approximate surface area is 128 Å². The van der Waals surface area contributed by atoms with Gasteiger partial charge in [0, 0.05) is 19.3 Å². The fraction of sp³-hybridized carbons (Fsp3) is 0.250. The Morgan fingerprint density at radius 2 is 1.95 bits per heavy atom. The Balaban J connectivity index is 2.00. The van der Waals surface area contributed by atoms with Gasteiger partial charge in [-0.3, -0.25) is 14.4 Å². The maximum atomic E-state index is 12.0. The summed E-state index contributed by atoms with van der Waals surface area (Å²) < 4.78 is 6.87. The number of ether oxygens (including phenoxy) is 1. The summed E-state index contributed by atoms with van der Waals surface area (Å²) in [4.78, 5) is 28.4. The van der Waals surface area contributed by atoms with Crippen LogP contribution in [0, 0.1) is 0 Å². The molecule has 2 rings (SSSR count). The molecule has 116 valence electrons. The average Bonchev–Trinajstić information content (AvgIpc) is 2.55. The zero-order valence-corrected chi connectivity index (χ0v) is 12.6. The SMILES string of the molecule is CON(C)C(=O)Cn1ccc(OCc2ccccc2)cc1=O. The summed E-state index contributed by atoms with van der Waals surface area (Å²) >= 11 is 0. The first kappa shape index (κ1) is 15.8. The minimum Gasteiger partial charge on any atom is -0.489 e. The maximum absolute atomic E-state index is 12.0. The van der Waals surface area contributed by atoms with E-state index in [1.54, 1.807) is 6.07 Å². The number of rotatable bonds is 6. The molecule has 0 fully saturated rings. The molecule has 0 saturated carbocycles. The summed E-state index contributed by atoms with van der Waals surface area (Å²) in [5, 5.41) is 1.08. The molecule has 0 aliphatic heterocycles. The number of pyridine rings is 1. The van der Waals surface area contributed by atoms with Crippen molar-refractivity contribution >= 4 is 5.91 Å². The molecule has 0 bridgehead atoms. The number of benzene rings is 1. The number of hydroxylamine groups is 2. The Kier molecular flexibility index (Phi) is 5.32. The molecule has 0 unspecified atom stereocenters. The summed E-state index contributed by atoms with van der Waals surface area (Å²) in [5.74, 6) is 0.153. The van der Waals surface area contributed by atoms with Crippen molar-refractivity contribution in [3.63, 3.8) is 0 Å². The minimum absolute atomic E-state index is 0.0812. The van der Waals surface area contributed by atoms with Crippen molar-refractivity contribution < 1.29 is 14.4 Å². The molecule has 0 spiro atoms.